The quantitative estimate of drug-likeness (QED) is 0.795. The van der Waals surface area contributed by atoms with Gasteiger partial charge in [-0.2, -0.15) is 0 Å². The molecule has 0 aromatic carbocycles. The maximum atomic E-state index is 13.3. The van der Waals surface area contributed by atoms with Crippen molar-refractivity contribution >= 4 is 11.6 Å². The number of ketones is 2. The first kappa shape index (κ1) is 16.8. The van der Waals surface area contributed by atoms with Crippen LogP contribution >= 0.6 is 0 Å². The number of carbonyl (C=O) groups excluding carboxylic acids is 2. The Morgan fingerprint density at radius 1 is 1.08 bits per heavy atom. The van der Waals surface area contributed by atoms with Gasteiger partial charge in [-0.25, -0.2) is 0 Å². The molecule has 4 aliphatic rings. The van der Waals surface area contributed by atoms with Crippen LogP contribution < -0.4 is 0 Å². The second-order valence-corrected chi connectivity index (χ2v) is 9.85. The van der Waals surface area contributed by atoms with Crippen LogP contribution in [0.2, 0.25) is 0 Å². The van der Waals surface area contributed by atoms with Gasteiger partial charge in [-0.3, -0.25) is 9.59 Å². The molecule has 24 heavy (non-hydrogen) atoms. The molecule has 0 aromatic heterocycles. The van der Waals surface area contributed by atoms with Gasteiger partial charge in [-0.1, -0.05) is 13.8 Å². The van der Waals surface area contributed by atoms with Crippen molar-refractivity contribution < 1.29 is 14.7 Å². The van der Waals surface area contributed by atoms with Crippen LogP contribution in [0.4, 0.5) is 0 Å². The van der Waals surface area contributed by atoms with E-state index in [9.17, 15) is 14.7 Å². The average molecular weight is 332 g/mol. The fourth-order valence-corrected chi connectivity index (χ4v) is 7.72. The summed E-state index contributed by atoms with van der Waals surface area (Å²) in [6, 6.07) is 0. The molecule has 0 bridgehead atoms. The summed E-state index contributed by atoms with van der Waals surface area (Å²) >= 11 is 0. The zero-order valence-electron chi connectivity index (χ0n) is 15.4. The van der Waals surface area contributed by atoms with Crippen LogP contribution in [0.15, 0.2) is 0 Å². The van der Waals surface area contributed by atoms with Gasteiger partial charge in [-0.15, -0.1) is 0 Å². The molecule has 0 aromatic rings. The highest BCUT2D eigenvalue weighted by atomic mass is 16.3. The van der Waals surface area contributed by atoms with Crippen LogP contribution in [0, 0.1) is 40.4 Å². The van der Waals surface area contributed by atoms with E-state index in [-0.39, 0.29) is 34.6 Å². The van der Waals surface area contributed by atoms with E-state index in [1.165, 1.54) is 0 Å². The Hall–Kier alpha value is -0.700. The molecule has 8 atom stereocenters. The molecule has 0 amide bonds. The monoisotopic (exact) mass is 332 g/mol. The molecule has 1 N–H and O–H groups in total. The molecule has 0 unspecified atom stereocenters. The third-order valence-electron chi connectivity index (χ3n) is 8.81. The van der Waals surface area contributed by atoms with Crippen molar-refractivity contribution in [3.8, 4) is 0 Å². The number of aliphatic hydroxyl groups is 1. The van der Waals surface area contributed by atoms with Crippen molar-refractivity contribution in [1.29, 1.82) is 0 Å². The Bertz CT molecular complexity index is 569. The SMILES string of the molecule is CC(=O)[C@@H]1CC[C@@H]2[C@@H]3CC[C@@H]4C[C@H](O)CC[C@]4(C)[C@H]3C(=O)C[C@@]21C. The lowest BCUT2D eigenvalue weighted by Gasteiger charge is -2.59. The summed E-state index contributed by atoms with van der Waals surface area (Å²) in [6.07, 6.45) is 7.53. The largest absolute Gasteiger partial charge is 0.393 e. The van der Waals surface area contributed by atoms with E-state index in [1.807, 2.05) is 0 Å². The lowest BCUT2D eigenvalue weighted by atomic mass is 9.44. The fourth-order valence-electron chi connectivity index (χ4n) is 7.72. The molecule has 4 aliphatic carbocycles. The molecule has 0 saturated heterocycles. The maximum absolute atomic E-state index is 13.3. The predicted molar refractivity (Wildman–Crippen MR) is 92.3 cm³/mol. The molecule has 134 valence electrons. The Morgan fingerprint density at radius 3 is 2.54 bits per heavy atom. The van der Waals surface area contributed by atoms with E-state index in [0.717, 1.165) is 44.9 Å². The predicted octanol–water partition coefficient (Wildman–Crippen LogP) is 3.77. The number of hydrogen-bond donors (Lipinski definition) is 1. The van der Waals surface area contributed by atoms with E-state index < -0.39 is 0 Å². The summed E-state index contributed by atoms with van der Waals surface area (Å²) in [6.45, 7) is 6.28. The van der Waals surface area contributed by atoms with Crippen LogP contribution in [0.1, 0.15) is 72.1 Å². The topological polar surface area (TPSA) is 54.4 Å². The standard InChI is InChI=1S/C21H32O3/c1-12(22)16-6-7-17-15-5-4-13-10-14(23)8-9-20(13,2)19(15)18(24)11-21(16,17)3/h13-17,19,23H,4-11H2,1-3H3/t13-,14-,15+,16+,17-,19-,20+,21-/m1/s1. The third-order valence-corrected chi connectivity index (χ3v) is 8.81. The zero-order valence-corrected chi connectivity index (χ0v) is 15.4. The van der Waals surface area contributed by atoms with Gasteiger partial charge in [0.15, 0.2) is 0 Å². The van der Waals surface area contributed by atoms with E-state index >= 15 is 0 Å². The smallest absolute Gasteiger partial charge is 0.137 e. The summed E-state index contributed by atoms with van der Waals surface area (Å²) in [5, 5.41) is 10.1. The second kappa shape index (κ2) is 5.40. The molecule has 3 nitrogen and oxygen atoms in total. The molecule has 0 heterocycles. The van der Waals surface area contributed by atoms with E-state index in [2.05, 4.69) is 13.8 Å². The van der Waals surface area contributed by atoms with Crippen LogP contribution in [-0.2, 0) is 9.59 Å². The highest BCUT2D eigenvalue weighted by Gasteiger charge is 2.63. The molecule has 0 aliphatic heterocycles. The van der Waals surface area contributed by atoms with Gasteiger partial charge in [0.1, 0.15) is 11.6 Å². The molecular formula is C21H32O3. The summed E-state index contributed by atoms with van der Waals surface area (Å²) in [7, 11) is 0. The number of hydrogen-bond acceptors (Lipinski definition) is 3. The van der Waals surface area contributed by atoms with Gasteiger partial charge >= 0.3 is 0 Å². The van der Waals surface area contributed by atoms with E-state index in [4.69, 9.17) is 0 Å². The maximum Gasteiger partial charge on any atom is 0.137 e. The minimum atomic E-state index is -0.169. The van der Waals surface area contributed by atoms with Gasteiger partial charge in [0.25, 0.3) is 0 Å². The van der Waals surface area contributed by atoms with Crippen LogP contribution in [0.25, 0.3) is 0 Å². The van der Waals surface area contributed by atoms with Gasteiger partial charge in [0, 0.05) is 18.3 Å². The molecule has 3 heteroatoms. The first-order chi connectivity index (χ1) is 11.3. The second-order valence-electron chi connectivity index (χ2n) is 9.85. The van der Waals surface area contributed by atoms with E-state index in [1.54, 1.807) is 6.92 Å². The van der Waals surface area contributed by atoms with Gasteiger partial charge in [0.05, 0.1) is 6.10 Å². The molecule has 4 rings (SSSR count). The highest BCUT2D eigenvalue weighted by Crippen LogP contribution is 2.66. The number of Topliss-reactive ketones (excluding diaryl/α,β-unsaturated/α-hetero) is 2. The number of fused-ring (bicyclic) bond motifs is 5. The minimum absolute atomic E-state index is 0.0782. The third kappa shape index (κ3) is 2.12. The summed E-state index contributed by atoms with van der Waals surface area (Å²) < 4.78 is 0. The highest BCUT2D eigenvalue weighted by molar-refractivity contribution is 5.87. The Kier molecular flexibility index (Phi) is 3.77. The average Bonchev–Trinajstić information content (AvgIpc) is 2.84. The molecular weight excluding hydrogens is 300 g/mol. The summed E-state index contributed by atoms with van der Waals surface area (Å²) in [4.78, 5) is 25.5. The van der Waals surface area contributed by atoms with Gasteiger partial charge in [-0.05, 0) is 80.5 Å². The number of rotatable bonds is 1. The Labute approximate surface area is 145 Å². The Balaban J connectivity index is 1.68. The van der Waals surface area contributed by atoms with Crippen LogP contribution in [0.5, 0.6) is 0 Å². The Morgan fingerprint density at radius 2 is 1.83 bits per heavy atom. The van der Waals surface area contributed by atoms with Gasteiger partial charge < -0.3 is 5.11 Å². The normalized spacial score (nSPS) is 53.9. The first-order valence-electron chi connectivity index (χ1n) is 9.98. The summed E-state index contributed by atoms with van der Waals surface area (Å²) in [5.74, 6) is 2.48. The van der Waals surface area contributed by atoms with Crippen molar-refractivity contribution in [2.24, 2.45) is 40.4 Å². The molecule has 4 saturated carbocycles. The van der Waals surface area contributed by atoms with Crippen LogP contribution in [0.3, 0.4) is 0 Å². The molecule has 0 spiro atoms. The molecule has 0 radical (unpaired) electrons. The lowest BCUT2D eigenvalue weighted by Crippen LogP contribution is -2.58. The lowest BCUT2D eigenvalue weighted by molar-refractivity contribution is -0.162. The van der Waals surface area contributed by atoms with Crippen molar-refractivity contribution in [2.75, 3.05) is 0 Å². The number of aliphatic hydroxyl groups excluding tert-OH is 1. The molecule has 4 fully saturated rings. The van der Waals surface area contributed by atoms with Crippen molar-refractivity contribution in [3.63, 3.8) is 0 Å². The summed E-state index contributed by atoms with van der Waals surface area (Å²) in [5.41, 5.74) is -0.0175. The van der Waals surface area contributed by atoms with Crippen molar-refractivity contribution in [1.82, 2.24) is 0 Å². The van der Waals surface area contributed by atoms with Gasteiger partial charge in [0.2, 0.25) is 0 Å². The van der Waals surface area contributed by atoms with Crippen LogP contribution in [-0.4, -0.2) is 22.8 Å². The zero-order chi connectivity index (χ0) is 17.3. The van der Waals surface area contributed by atoms with Crippen molar-refractivity contribution in [2.45, 2.75) is 78.2 Å². The van der Waals surface area contributed by atoms with Crippen molar-refractivity contribution in [3.05, 3.63) is 0 Å². The fraction of sp³-hybridized carbons (Fsp3) is 0.905. The van der Waals surface area contributed by atoms with E-state index in [0.29, 0.717) is 30.0 Å². The number of carbonyl (C=O) groups is 2. The first-order valence-corrected chi connectivity index (χ1v) is 9.98. The minimum Gasteiger partial charge on any atom is -0.393 e.